The van der Waals surface area contributed by atoms with Crippen LogP contribution in [0.4, 0.5) is 0 Å². The van der Waals surface area contributed by atoms with Crippen LogP contribution in [0.3, 0.4) is 0 Å². The predicted molar refractivity (Wildman–Crippen MR) is 115 cm³/mol. The van der Waals surface area contributed by atoms with Crippen molar-refractivity contribution in [3.63, 3.8) is 0 Å². The summed E-state index contributed by atoms with van der Waals surface area (Å²) < 4.78 is 5.91. The van der Waals surface area contributed by atoms with E-state index in [9.17, 15) is 15.0 Å². The van der Waals surface area contributed by atoms with Crippen molar-refractivity contribution in [3.8, 4) is 0 Å². The standard InChI is InChI=1S/C23H28N2O4S/c1-22(28)16-23(29-14-19(22)26)9-12-25(13-10-23)21(27)18-7-5-17(6-8-18)15-30-20-4-2-3-11-24-20/h2-8,11,19,26,28H,9-10,12-16H2,1H3/t19?,22-/m0/s1. The minimum Gasteiger partial charge on any atom is -0.388 e. The number of hydrogen-bond donors (Lipinski definition) is 2. The minimum atomic E-state index is -1.15. The lowest BCUT2D eigenvalue weighted by molar-refractivity contribution is -0.221. The molecule has 2 aliphatic rings. The van der Waals surface area contributed by atoms with Crippen molar-refractivity contribution in [1.29, 1.82) is 0 Å². The molecule has 0 saturated carbocycles. The van der Waals surface area contributed by atoms with Crippen molar-refractivity contribution in [2.24, 2.45) is 0 Å². The molecule has 2 aromatic rings. The molecular formula is C23H28N2O4S. The monoisotopic (exact) mass is 428 g/mol. The number of aliphatic hydroxyl groups excluding tert-OH is 1. The highest BCUT2D eigenvalue weighted by atomic mass is 32.2. The van der Waals surface area contributed by atoms with Gasteiger partial charge >= 0.3 is 0 Å². The molecule has 6 nitrogen and oxygen atoms in total. The van der Waals surface area contributed by atoms with Crippen LogP contribution in [0, 0.1) is 0 Å². The van der Waals surface area contributed by atoms with Crippen molar-refractivity contribution in [3.05, 3.63) is 59.8 Å². The Balaban J connectivity index is 1.32. The SMILES string of the molecule is C[C@]1(O)CC2(CCN(C(=O)c3ccc(CSc4ccccn4)cc3)CC2)OCC1O. The number of hydrogen-bond acceptors (Lipinski definition) is 6. The normalized spacial score (nSPS) is 26.0. The van der Waals surface area contributed by atoms with E-state index in [0.29, 0.717) is 37.9 Å². The second-order valence-corrected chi connectivity index (χ2v) is 9.49. The molecule has 30 heavy (non-hydrogen) atoms. The van der Waals surface area contributed by atoms with Crippen molar-refractivity contribution in [2.45, 2.75) is 54.3 Å². The van der Waals surface area contributed by atoms with E-state index >= 15 is 0 Å². The van der Waals surface area contributed by atoms with Gasteiger partial charge in [0, 0.05) is 37.0 Å². The van der Waals surface area contributed by atoms with Gasteiger partial charge in [0.05, 0.1) is 22.8 Å². The molecule has 2 aliphatic heterocycles. The van der Waals surface area contributed by atoms with Gasteiger partial charge < -0.3 is 19.8 Å². The van der Waals surface area contributed by atoms with Gasteiger partial charge in [-0.1, -0.05) is 18.2 Å². The summed E-state index contributed by atoms with van der Waals surface area (Å²) in [5, 5.41) is 21.3. The zero-order chi connectivity index (χ0) is 21.2. The number of likely N-dealkylation sites (tertiary alicyclic amines) is 1. The number of carbonyl (C=O) groups excluding carboxylic acids is 1. The quantitative estimate of drug-likeness (QED) is 0.729. The number of thioether (sulfide) groups is 1. The molecule has 1 amide bonds. The molecule has 1 aromatic heterocycles. The van der Waals surface area contributed by atoms with Crippen LogP contribution < -0.4 is 0 Å². The molecule has 4 rings (SSSR count). The predicted octanol–water partition coefficient (Wildman–Crippen LogP) is 2.88. The topological polar surface area (TPSA) is 82.9 Å². The fraction of sp³-hybridized carbons (Fsp3) is 0.478. The van der Waals surface area contributed by atoms with Crippen LogP contribution in [-0.4, -0.2) is 63.0 Å². The molecule has 1 aromatic carbocycles. The number of rotatable bonds is 4. The molecule has 2 atom stereocenters. The summed E-state index contributed by atoms with van der Waals surface area (Å²) in [6.07, 6.45) is 2.65. The van der Waals surface area contributed by atoms with Crippen LogP contribution in [0.5, 0.6) is 0 Å². The third-order valence-corrected chi connectivity index (χ3v) is 7.15. The zero-order valence-corrected chi connectivity index (χ0v) is 18.0. The summed E-state index contributed by atoms with van der Waals surface area (Å²) in [7, 11) is 0. The molecular weight excluding hydrogens is 400 g/mol. The Labute approximate surface area is 181 Å². The van der Waals surface area contributed by atoms with Crippen molar-refractivity contribution in [1.82, 2.24) is 9.88 Å². The number of carbonyl (C=O) groups is 1. The summed E-state index contributed by atoms with van der Waals surface area (Å²) in [5.41, 5.74) is 0.236. The highest BCUT2D eigenvalue weighted by Crippen LogP contribution is 2.39. The Bertz CT molecular complexity index is 865. The number of nitrogens with zero attached hydrogens (tertiary/aromatic N) is 2. The Kier molecular flexibility index (Phi) is 6.16. The van der Waals surface area contributed by atoms with Gasteiger partial charge in [-0.25, -0.2) is 4.98 Å². The fourth-order valence-corrected chi connectivity index (χ4v) is 5.03. The molecule has 0 aliphatic carbocycles. The Hall–Kier alpha value is -1.93. The van der Waals surface area contributed by atoms with Gasteiger partial charge in [0.25, 0.3) is 5.91 Å². The summed E-state index contributed by atoms with van der Waals surface area (Å²) in [5.74, 6) is 0.831. The lowest BCUT2D eigenvalue weighted by atomic mass is 9.76. The average Bonchev–Trinajstić information content (AvgIpc) is 2.76. The summed E-state index contributed by atoms with van der Waals surface area (Å²) in [6.45, 7) is 2.97. The first-order valence-electron chi connectivity index (χ1n) is 10.3. The van der Waals surface area contributed by atoms with Crippen LogP contribution in [0.1, 0.15) is 42.1 Å². The van der Waals surface area contributed by atoms with Gasteiger partial charge in [0.15, 0.2) is 0 Å². The number of aliphatic hydroxyl groups is 2. The third kappa shape index (κ3) is 4.70. The van der Waals surface area contributed by atoms with Crippen LogP contribution in [-0.2, 0) is 10.5 Å². The number of benzene rings is 1. The van der Waals surface area contributed by atoms with E-state index in [-0.39, 0.29) is 12.5 Å². The second kappa shape index (κ2) is 8.67. The molecule has 0 bridgehead atoms. The maximum Gasteiger partial charge on any atom is 0.253 e. The van der Waals surface area contributed by atoms with Gasteiger partial charge in [0.2, 0.25) is 0 Å². The van der Waals surface area contributed by atoms with Crippen molar-refractivity contribution < 1.29 is 19.7 Å². The van der Waals surface area contributed by atoms with Gasteiger partial charge in [-0.2, -0.15) is 0 Å². The van der Waals surface area contributed by atoms with E-state index in [0.717, 1.165) is 16.3 Å². The molecule has 2 N–H and O–H groups in total. The van der Waals surface area contributed by atoms with E-state index in [2.05, 4.69) is 4.98 Å². The first-order valence-corrected chi connectivity index (χ1v) is 11.3. The fourth-order valence-electron chi connectivity index (χ4n) is 4.21. The van der Waals surface area contributed by atoms with Gasteiger partial charge in [-0.3, -0.25) is 4.79 Å². The maximum atomic E-state index is 12.9. The maximum absolute atomic E-state index is 12.9. The zero-order valence-electron chi connectivity index (χ0n) is 17.2. The lowest BCUT2D eigenvalue weighted by Gasteiger charge is -2.49. The number of amides is 1. The molecule has 1 spiro atoms. The molecule has 0 radical (unpaired) electrons. The first kappa shape index (κ1) is 21.3. The van der Waals surface area contributed by atoms with Gasteiger partial charge in [-0.15, -0.1) is 11.8 Å². The number of pyridine rings is 1. The molecule has 7 heteroatoms. The summed E-state index contributed by atoms with van der Waals surface area (Å²) in [6, 6.07) is 13.6. The van der Waals surface area contributed by atoms with Crippen LogP contribution >= 0.6 is 11.8 Å². The molecule has 160 valence electrons. The highest BCUT2D eigenvalue weighted by molar-refractivity contribution is 7.98. The number of aromatic nitrogens is 1. The molecule has 3 heterocycles. The van der Waals surface area contributed by atoms with Gasteiger partial charge in [0.1, 0.15) is 6.10 Å². The molecule has 2 fully saturated rings. The Morgan fingerprint density at radius 2 is 1.97 bits per heavy atom. The first-order chi connectivity index (χ1) is 14.4. The van der Waals surface area contributed by atoms with E-state index in [1.165, 1.54) is 0 Å². The Morgan fingerprint density at radius 1 is 1.23 bits per heavy atom. The van der Waals surface area contributed by atoms with Crippen molar-refractivity contribution in [2.75, 3.05) is 19.7 Å². The van der Waals surface area contributed by atoms with Crippen LogP contribution in [0.25, 0.3) is 0 Å². The van der Waals surface area contributed by atoms with Crippen LogP contribution in [0.2, 0.25) is 0 Å². The summed E-state index contributed by atoms with van der Waals surface area (Å²) in [4.78, 5) is 19.1. The number of ether oxygens (including phenoxy) is 1. The smallest absolute Gasteiger partial charge is 0.253 e. The average molecular weight is 429 g/mol. The highest BCUT2D eigenvalue weighted by Gasteiger charge is 2.49. The Morgan fingerprint density at radius 3 is 2.60 bits per heavy atom. The van der Waals surface area contributed by atoms with E-state index in [1.807, 2.05) is 47.4 Å². The van der Waals surface area contributed by atoms with Crippen LogP contribution in [0.15, 0.2) is 53.7 Å². The number of piperidine rings is 1. The second-order valence-electron chi connectivity index (χ2n) is 8.49. The third-order valence-electron chi connectivity index (χ3n) is 6.13. The van der Waals surface area contributed by atoms with Gasteiger partial charge in [-0.05, 0) is 49.6 Å². The van der Waals surface area contributed by atoms with Crippen molar-refractivity contribution >= 4 is 17.7 Å². The van der Waals surface area contributed by atoms with E-state index < -0.39 is 17.3 Å². The summed E-state index contributed by atoms with van der Waals surface area (Å²) >= 11 is 1.67. The van der Waals surface area contributed by atoms with E-state index in [4.69, 9.17) is 4.74 Å². The minimum absolute atomic E-state index is 0.0244. The molecule has 1 unspecified atom stereocenters. The van der Waals surface area contributed by atoms with E-state index in [1.54, 1.807) is 24.9 Å². The molecule has 2 saturated heterocycles. The largest absolute Gasteiger partial charge is 0.388 e. The lowest BCUT2D eigenvalue weighted by Crippen LogP contribution is -2.59.